The monoisotopic (exact) mass is 315 g/mol. The van der Waals surface area contributed by atoms with Gasteiger partial charge < -0.3 is 5.32 Å². The summed E-state index contributed by atoms with van der Waals surface area (Å²) in [6.45, 7) is 2.57. The van der Waals surface area contributed by atoms with Gasteiger partial charge in [-0.3, -0.25) is 4.79 Å². The molecule has 22 heavy (non-hydrogen) atoms. The number of carbonyl (C=O) groups is 1. The minimum Gasteiger partial charge on any atom is -0.350 e. The average Bonchev–Trinajstić information content (AvgIpc) is 3.12. The fourth-order valence-corrected chi connectivity index (χ4v) is 2.89. The van der Waals surface area contributed by atoms with Crippen LogP contribution in [0, 0.1) is 0 Å². The lowest BCUT2D eigenvalue weighted by Gasteiger charge is -2.04. The summed E-state index contributed by atoms with van der Waals surface area (Å²) >= 11 is 1.43. The molecule has 2 heterocycles. The number of aromatic nitrogens is 4. The van der Waals surface area contributed by atoms with Crippen molar-refractivity contribution in [1.82, 2.24) is 25.1 Å². The molecule has 0 fully saturated rings. The summed E-state index contributed by atoms with van der Waals surface area (Å²) < 4.78 is 1.61. The predicted octanol–water partition coefficient (Wildman–Crippen LogP) is 2.00. The second-order valence-corrected chi connectivity index (χ2v) is 6.04. The molecule has 3 rings (SSSR count). The van der Waals surface area contributed by atoms with Gasteiger partial charge in [-0.25, -0.2) is 0 Å². The standard InChI is InChI=1S/C15H17N5OS/c1-2-11-3-5-12(6-4-11)7-8-13(21)16-9-14-19-20-10-17-18-15(20)22-14/h3-6,10H,2,7-9H2,1H3,(H,16,21). The van der Waals surface area contributed by atoms with Crippen molar-refractivity contribution in [3.63, 3.8) is 0 Å². The van der Waals surface area contributed by atoms with E-state index in [1.807, 2.05) is 0 Å². The molecule has 0 atom stereocenters. The Morgan fingerprint density at radius 2 is 2.05 bits per heavy atom. The molecular formula is C15H17N5OS. The Kier molecular flexibility index (Phi) is 4.43. The Hall–Kier alpha value is -2.28. The first-order valence-corrected chi connectivity index (χ1v) is 8.06. The lowest BCUT2D eigenvalue weighted by atomic mass is 10.1. The van der Waals surface area contributed by atoms with Crippen LogP contribution in [0.1, 0.15) is 29.5 Å². The van der Waals surface area contributed by atoms with Crippen LogP contribution in [0.4, 0.5) is 0 Å². The van der Waals surface area contributed by atoms with Crippen LogP contribution in [0.3, 0.4) is 0 Å². The Morgan fingerprint density at radius 3 is 2.77 bits per heavy atom. The molecule has 0 spiro atoms. The molecule has 0 saturated carbocycles. The molecule has 7 heteroatoms. The molecule has 0 aliphatic rings. The van der Waals surface area contributed by atoms with Gasteiger partial charge in [0.15, 0.2) is 0 Å². The minimum absolute atomic E-state index is 0.0329. The third-order valence-electron chi connectivity index (χ3n) is 3.44. The molecule has 0 unspecified atom stereocenters. The van der Waals surface area contributed by atoms with Gasteiger partial charge in [-0.1, -0.05) is 42.5 Å². The van der Waals surface area contributed by atoms with Crippen LogP contribution in [0.2, 0.25) is 0 Å². The predicted molar refractivity (Wildman–Crippen MR) is 84.6 cm³/mol. The zero-order valence-corrected chi connectivity index (χ0v) is 13.1. The molecule has 1 amide bonds. The summed E-state index contributed by atoms with van der Waals surface area (Å²) in [5.74, 6) is 0.0329. The van der Waals surface area contributed by atoms with Gasteiger partial charge in [0.1, 0.15) is 11.3 Å². The van der Waals surface area contributed by atoms with Gasteiger partial charge >= 0.3 is 0 Å². The van der Waals surface area contributed by atoms with Crippen LogP contribution in [0.25, 0.3) is 4.96 Å². The topological polar surface area (TPSA) is 72.2 Å². The molecule has 114 valence electrons. The van der Waals surface area contributed by atoms with Crippen LogP contribution in [-0.4, -0.2) is 25.7 Å². The Labute approximate surface area is 132 Å². The smallest absolute Gasteiger partial charge is 0.234 e. The quantitative estimate of drug-likeness (QED) is 0.755. The first-order chi connectivity index (χ1) is 10.7. The number of fused-ring (bicyclic) bond motifs is 1. The Bertz CT molecular complexity index is 733. The van der Waals surface area contributed by atoms with E-state index in [1.54, 1.807) is 10.8 Å². The molecular weight excluding hydrogens is 298 g/mol. The summed E-state index contributed by atoms with van der Waals surface area (Å²) in [6.07, 6.45) is 3.82. The van der Waals surface area contributed by atoms with Crippen molar-refractivity contribution in [2.75, 3.05) is 0 Å². The maximum atomic E-state index is 11.9. The lowest BCUT2D eigenvalue weighted by Crippen LogP contribution is -2.23. The fraction of sp³-hybridized carbons (Fsp3) is 0.333. The van der Waals surface area contributed by atoms with Crippen molar-refractivity contribution in [2.24, 2.45) is 0 Å². The number of hydrogen-bond donors (Lipinski definition) is 1. The van der Waals surface area contributed by atoms with Crippen LogP contribution in [-0.2, 0) is 24.2 Å². The second-order valence-electron chi connectivity index (χ2n) is 5.00. The summed E-state index contributed by atoms with van der Waals surface area (Å²) in [5, 5.41) is 15.7. The largest absolute Gasteiger partial charge is 0.350 e. The third-order valence-corrected chi connectivity index (χ3v) is 4.35. The highest BCUT2D eigenvalue weighted by molar-refractivity contribution is 7.16. The van der Waals surface area contributed by atoms with E-state index in [1.165, 1.54) is 22.5 Å². The number of nitrogens with one attached hydrogen (secondary N) is 1. The van der Waals surface area contributed by atoms with Crippen LogP contribution in [0.15, 0.2) is 30.6 Å². The zero-order valence-electron chi connectivity index (χ0n) is 12.3. The normalized spacial score (nSPS) is 11.0. The van der Waals surface area contributed by atoms with E-state index < -0.39 is 0 Å². The number of hydrogen-bond acceptors (Lipinski definition) is 5. The van der Waals surface area contributed by atoms with Crippen LogP contribution < -0.4 is 5.32 Å². The fourth-order valence-electron chi connectivity index (χ4n) is 2.13. The van der Waals surface area contributed by atoms with Crippen molar-refractivity contribution >= 4 is 22.2 Å². The number of benzene rings is 1. The third kappa shape index (κ3) is 3.48. The first kappa shape index (κ1) is 14.6. The van der Waals surface area contributed by atoms with E-state index in [-0.39, 0.29) is 5.91 Å². The van der Waals surface area contributed by atoms with E-state index in [0.29, 0.717) is 13.0 Å². The molecule has 0 radical (unpaired) electrons. The maximum absolute atomic E-state index is 11.9. The molecule has 2 aromatic heterocycles. The van der Waals surface area contributed by atoms with Gasteiger partial charge in [0.2, 0.25) is 10.9 Å². The summed E-state index contributed by atoms with van der Waals surface area (Å²) in [5.41, 5.74) is 2.50. The highest BCUT2D eigenvalue weighted by Gasteiger charge is 2.07. The Morgan fingerprint density at radius 1 is 1.27 bits per heavy atom. The van der Waals surface area contributed by atoms with E-state index in [0.717, 1.165) is 22.8 Å². The van der Waals surface area contributed by atoms with Crippen LogP contribution in [0.5, 0.6) is 0 Å². The minimum atomic E-state index is 0.0329. The van der Waals surface area contributed by atoms with E-state index in [9.17, 15) is 4.79 Å². The van der Waals surface area contributed by atoms with Gasteiger partial charge in [0.25, 0.3) is 0 Å². The number of aryl methyl sites for hydroxylation is 2. The summed E-state index contributed by atoms with van der Waals surface area (Å²) in [4.78, 5) is 12.6. The number of nitrogens with zero attached hydrogens (tertiary/aromatic N) is 4. The molecule has 0 aliphatic carbocycles. The molecule has 1 N–H and O–H groups in total. The van der Waals surface area contributed by atoms with E-state index >= 15 is 0 Å². The highest BCUT2D eigenvalue weighted by atomic mass is 32.1. The zero-order chi connectivity index (χ0) is 15.4. The highest BCUT2D eigenvalue weighted by Crippen LogP contribution is 2.11. The first-order valence-electron chi connectivity index (χ1n) is 7.25. The Balaban J connectivity index is 1.46. The molecule has 0 bridgehead atoms. The van der Waals surface area contributed by atoms with E-state index in [2.05, 4.69) is 51.8 Å². The van der Waals surface area contributed by atoms with Gasteiger partial charge in [-0.2, -0.15) is 9.61 Å². The van der Waals surface area contributed by atoms with Gasteiger partial charge in [0, 0.05) is 6.42 Å². The van der Waals surface area contributed by atoms with Gasteiger partial charge in [0.05, 0.1) is 6.54 Å². The number of amides is 1. The summed E-state index contributed by atoms with van der Waals surface area (Å²) in [7, 11) is 0. The van der Waals surface area contributed by atoms with Crippen molar-refractivity contribution in [1.29, 1.82) is 0 Å². The van der Waals surface area contributed by atoms with Crippen molar-refractivity contribution in [2.45, 2.75) is 32.7 Å². The summed E-state index contributed by atoms with van der Waals surface area (Å²) in [6, 6.07) is 8.42. The van der Waals surface area contributed by atoms with E-state index in [4.69, 9.17) is 0 Å². The van der Waals surface area contributed by atoms with Crippen molar-refractivity contribution in [3.05, 3.63) is 46.7 Å². The average molecular weight is 315 g/mol. The molecule has 0 saturated heterocycles. The number of rotatable bonds is 6. The number of carbonyl (C=O) groups excluding carboxylic acids is 1. The van der Waals surface area contributed by atoms with Gasteiger partial charge in [-0.15, -0.1) is 10.2 Å². The van der Waals surface area contributed by atoms with Crippen LogP contribution >= 0.6 is 11.3 Å². The SMILES string of the molecule is CCc1ccc(CCC(=O)NCc2nn3cnnc3s2)cc1. The second kappa shape index (κ2) is 6.65. The van der Waals surface area contributed by atoms with Gasteiger partial charge in [-0.05, 0) is 24.0 Å². The molecule has 3 aromatic rings. The maximum Gasteiger partial charge on any atom is 0.234 e. The molecule has 1 aromatic carbocycles. The molecule has 6 nitrogen and oxygen atoms in total. The molecule has 0 aliphatic heterocycles. The van der Waals surface area contributed by atoms with Crippen molar-refractivity contribution < 1.29 is 4.79 Å². The van der Waals surface area contributed by atoms with Crippen molar-refractivity contribution in [3.8, 4) is 0 Å². The lowest BCUT2D eigenvalue weighted by molar-refractivity contribution is -0.121.